The Morgan fingerprint density at radius 1 is 0.424 bits per heavy atom. The standard InChI is InChI=1S/C55H95NO3/c1-3-5-7-9-11-13-15-17-19-21-23-25-27-28-29-31-33-35-37-39-41-43-45-47-49-51-55(59)56-53(52-57)54(58)50-48-46-44-42-40-38-36-34-32-30-26-24-22-20-18-16-14-12-10-8-6-4-2/h5,7,11,13,17,19,23,25,28-29,33,35,39,41,48,50,53-54,57-58H,3-4,6,8-10,12,14-16,18,20-22,24,26-27,30-32,34,36-38,40,42-47,49,51-52H2,1-2H3,(H,56,59)/b7-5-,13-11-,19-17-,25-23-,29-28-,35-33-,41-39-,50-48+. The van der Waals surface area contributed by atoms with Gasteiger partial charge in [-0.25, -0.2) is 0 Å². The molecule has 2 atom stereocenters. The van der Waals surface area contributed by atoms with Crippen LogP contribution >= 0.6 is 0 Å². The maximum Gasteiger partial charge on any atom is 0.220 e. The minimum Gasteiger partial charge on any atom is -0.394 e. The summed E-state index contributed by atoms with van der Waals surface area (Å²) in [7, 11) is 0. The van der Waals surface area contributed by atoms with Crippen molar-refractivity contribution in [1.29, 1.82) is 0 Å². The average molecular weight is 818 g/mol. The van der Waals surface area contributed by atoms with E-state index in [9.17, 15) is 15.0 Å². The molecule has 0 aromatic rings. The zero-order chi connectivity index (χ0) is 42.8. The summed E-state index contributed by atoms with van der Waals surface area (Å²) in [5, 5.41) is 23.1. The maximum atomic E-state index is 12.4. The van der Waals surface area contributed by atoms with Crippen molar-refractivity contribution < 1.29 is 15.0 Å². The lowest BCUT2D eigenvalue weighted by Crippen LogP contribution is -2.45. The van der Waals surface area contributed by atoms with Crippen molar-refractivity contribution in [3.63, 3.8) is 0 Å². The SMILES string of the molecule is CC/C=C\C/C=C\C/C=C\C/C=C\C/C=C\C/C=C\C/C=C\CCCCCC(=O)NC(CO)C(O)/C=C/CCCCCCCCCCCCCCCCCCCCCC. The first-order valence-electron chi connectivity index (χ1n) is 25.0. The zero-order valence-corrected chi connectivity index (χ0v) is 38.7. The van der Waals surface area contributed by atoms with Gasteiger partial charge in [0.1, 0.15) is 0 Å². The second kappa shape index (κ2) is 49.7. The summed E-state index contributed by atoms with van der Waals surface area (Å²) >= 11 is 0. The van der Waals surface area contributed by atoms with E-state index in [2.05, 4.69) is 104 Å². The number of unbranched alkanes of at least 4 members (excludes halogenated alkanes) is 23. The van der Waals surface area contributed by atoms with Gasteiger partial charge in [0.15, 0.2) is 0 Å². The molecule has 1 amide bonds. The van der Waals surface area contributed by atoms with Gasteiger partial charge >= 0.3 is 0 Å². The van der Waals surface area contributed by atoms with Crippen molar-refractivity contribution in [2.45, 2.75) is 238 Å². The molecule has 59 heavy (non-hydrogen) atoms. The molecule has 0 aromatic heterocycles. The Morgan fingerprint density at radius 3 is 1.12 bits per heavy atom. The third kappa shape index (κ3) is 46.2. The van der Waals surface area contributed by atoms with Crippen LogP contribution in [-0.4, -0.2) is 34.9 Å². The quantitative estimate of drug-likeness (QED) is 0.0424. The number of amides is 1. The normalized spacial score (nSPS) is 13.8. The Bertz CT molecular complexity index is 1110. The second-order valence-electron chi connectivity index (χ2n) is 16.5. The molecule has 0 aliphatic carbocycles. The molecule has 0 radical (unpaired) electrons. The fraction of sp³-hybridized carbons (Fsp3) is 0.691. The van der Waals surface area contributed by atoms with Crippen LogP contribution < -0.4 is 5.32 Å². The van der Waals surface area contributed by atoms with E-state index in [4.69, 9.17) is 0 Å². The largest absolute Gasteiger partial charge is 0.394 e. The average Bonchev–Trinajstić information content (AvgIpc) is 3.24. The summed E-state index contributed by atoms with van der Waals surface area (Å²) in [6.07, 6.45) is 73.9. The highest BCUT2D eigenvalue weighted by Gasteiger charge is 2.17. The summed E-state index contributed by atoms with van der Waals surface area (Å²) in [4.78, 5) is 12.4. The number of allylic oxidation sites excluding steroid dienone is 15. The summed E-state index contributed by atoms with van der Waals surface area (Å²) < 4.78 is 0. The van der Waals surface area contributed by atoms with Crippen molar-refractivity contribution in [3.8, 4) is 0 Å². The van der Waals surface area contributed by atoms with Crippen LogP contribution in [0.5, 0.6) is 0 Å². The van der Waals surface area contributed by atoms with Gasteiger partial charge in [-0.1, -0.05) is 239 Å². The molecule has 0 saturated heterocycles. The summed E-state index contributed by atoms with van der Waals surface area (Å²) in [6.45, 7) is 4.18. The Hall–Kier alpha value is -2.69. The van der Waals surface area contributed by atoms with Gasteiger partial charge in [0.05, 0.1) is 18.8 Å². The van der Waals surface area contributed by atoms with Crippen LogP contribution in [-0.2, 0) is 4.79 Å². The van der Waals surface area contributed by atoms with Crippen molar-refractivity contribution in [2.24, 2.45) is 0 Å². The summed E-state index contributed by atoms with van der Waals surface area (Å²) in [5.41, 5.74) is 0. The first-order valence-corrected chi connectivity index (χ1v) is 25.0. The van der Waals surface area contributed by atoms with Gasteiger partial charge in [0.25, 0.3) is 0 Å². The van der Waals surface area contributed by atoms with Crippen LogP contribution in [0.1, 0.15) is 226 Å². The minimum absolute atomic E-state index is 0.0984. The van der Waals surface area contributed by atoms with Crippen molar-refractivity contribution in [1.82, 2.24) is 5.32 Å². The molecule has 0 aromatic carbocycles. The fourth-order valence-corrected chi connectivity index (χ4v) is 7.04. The highest BCUT2D eigenvalue weighted by Crippen LogP contribution is 2.15. The predicted molar refractivity (Wildman–Crippen MR) is 262 cm³/mol. The Morgan fingerprint density at radius 2 is 0.746 bits per heavy atom. The molecule has 0 spiro atoms. The molecule has 0 aliphatic rings. The molecule has 4 heteroatoms. The highest BCUT2D eigenvalue weighted by molar-refractivity contribution is 5.76. The van der Waals surface area contributed by atoms with Crippen LogP contribution in [0.2, 0.25) is 0 Å². The number of carbonyl (C=O) groups is 1. The predicted octanol–water partition coefficient (Wildman–Crippen LogP) is 16.2. The first-order chi connectivity index (χ1) is 29.2. The van der Waals surface area contributed by atoms with Crippen LogP contribution in [0.15, 0.2) is 97.2 Å². The molecule has 3 N–H and O–H groups in total. The lowest BCUT2D eigenvalue weighted by atomic mass is 10.0. The molecule has 0 aliphatic heterocycles. The third-order valence-corrected chi connectivity index (χ3v) is 10.8. The van der Waals surface area contributed by atoms with Crippen molar-refractivity contribution in [3.05, 3.63) is 97.2 Å². The smallest absolute Gasteiger partial charge is 0.220 e. The first kappa shape index (κ1) is 56.3. The van der Waals surface area contributed by atoms with E-state index in [-0.39, 0.29) is 12.5 Å². The number of rotatable bonds is 44. The number of carbonyl (C=O) groups excluding carboxylic acids is 1. The van der Waals surface area contributed by atoms with E-state index in [1.807, 2.05) is 6.08 Å². The van der Waals surface area contributed by atoms with Gasteiger partial charge in [0.2, 0.25) is 5.91 Å². The van der Waals surface area contributed by atoms with Gasteiger partial charge < -0.3 is 15.5 Å². The van der Waals surface area contributed by atoms with Gasteiger partial charge in [-0.3, -0.25) is 4.79 Å². The van der Waals surface area contributed by atoms with E-state index in [0.717, 1.165) is 83.5 Å². The van der Waals surface area contributed by atoms with E-state index in [0.29, 0.717) is 6.42 Å². The third-order valence-electron chi connectivity index (χ3n) is 10.8. The topological polar surface area (TPSA) is 69.6 Å². The zero-order valence-electron chi connectivity index (χ0n) is 38.7. The molecular formula is C55H95NO3. The van der Waals surface area contributed by atoms with Gasteiger partial charge in [0, 0.05) is 6.42 Å². The lowest BCUT2D eigenvalue weighted by Gasteiger charge is -2.19. The van der Waals surface area contributed by atoms with Crippen LogP contribution in [0, 0.1) is 0 Å². The second-order valence-corrected chi connectivity index (χ2v) is 16.5. The van der Waals surface area contributed by atoms with Crippen LogP contribution in [0.3, 0.4) is 0 Å². The molecule has 4 nitrogen and oxygen atoms in total. The minimum atomic E-state index is -0.861. The maximum absolute atomic E-state index is 12.4. The van der Waals surface area contributed by atoms with E-state index < -0.39 is 12.1 Å². The summed E-state index contributed by atoms with van der Waals surface area (Å²) in [6, 6.07) is -0.648. The molecule has 2 unspecified atom stereocenters. The van der Waals surface area contributed by atoms with E-state index >= 15 is 0 Å². The monoisotopic (exact) mass is 818 g/mol. The molecule has 0 rings (SSSR count). The number of hydrogen-bond donors (Lipinski definition) is 3. The van der Waals surface area contributed by atoms with Crippen molar-refractivity contribution >= 4 is 5.91 Å². The molecule has 0 saturated carbocycles. The number of aliphatic hydroxyl groups is 2. The molecule has 0 heterocycles. The van der Waals surface area contributed by atoms with Crippen molar-refractivity contribution in [2.75, 3.05) is 6.61 Å². The van der Waals surface area contributed by atoms with Gasteiger partial charge in [-0.15, -0.1) is 0 Å². The van der Waals surface area contributed by atoms with E-state index in [1.165, 1.54) is 122 Å². The lowest BCUT2D eigenvalue weighted by molar-refractivity contribution is -0.123. The Kier molecular flexibility index (Phi) is 47.4. The molecule has 338 valence electrons. The number of hydrogen-bond acceptors (Lipinski definition) is 3. The molecule has 0 fully saturated rings. The number of aliphatic hydroxyl groups excluding tert-OH is 2. The van der Waals surface area contributed by atoms with Crippen LogP contribution in [0.4, 0.5) is 0 Å². The van der Waals surface area contributed by atoms with E-state index in [1.54, 1.807) is 6.08 Å². The number of nitrogens with one attached hydrogen (secondary N) is 1. The van der Waals surface area contributed by atoms with Gasteiger partial charge in [-0.05, 0) is 77.0 Å². The summed E-state index contributed by atoms with van der Waals surface area (Å²) in [5.74, 6) is -0.0984. The highest BCUT2D eigenvalue weighted by atomic mass is 16.3. The van der Waals surface area contributed by atoms with Crippen LogP contribution in [0.25, 0.3) is 0 Å². The molecular weight excluding hydrogens is 723 g/mol. The Labute approximate surface area is 366 Å². The molecule has 0 bridgehead atoms. The Balaban J connectivity index is 3.67. The fourth-order valence-electron chi connectivity index (χ4n) is 7.04. The van der Waals surface area contributed by atoms with Gasteiger partial charge in [-0.2, -0.15) is 0 Å².